The smallest absolute Gasteiger partial charge is 0.283 e. The van der Waals surface area contributed by atoms with Gasteiger partial charge in [0.15, 0.2) is 17.3 Å². The van der Waals surface area contributed by atoms with Gasteiger partial charge in [0, 0.05) is 0 Å². The second-order valence-electron chi connectivity index (χ2n) is 7.29. The lowest BCUT2D eigenvalue weighted by Crippen LogP contribution is -2.35. The topological polar surface area (TPSA) is 96.6 Å². The van der Waals surface area contributed by atoms with Gasteiger partial charge >= 0.3 is 0 Å². The van der Waals surface area contributed by atoms with Crippen LogP contribution in [0.1, 0.15) is 24.5 Å². The van der Waals surface area contributed by atoms with E-state index < -0.39 is 5.91 Å². The van der Waals surface area contributed by atoms with Gasteiger partial charge < -0.3 is 14.2 Å². The van der Waals surface area contributed by atoms with Crippen LogP contribution in [0.3, 0.4) is 0 Å². The quantitative estimate of drug-likeness (QED) is 0.457. The number of rotatable bonds is 8. The Morgan fingerprint density at radius 3 is 2.70 bits per heavy atom. The van der Waals surface area contributed by atoms with E-state index in [2.05, 4.69) is 10.1 Å². The van der Waals surface area contributed by atoms with Crippen LogP contribution in [0.2, 0.25) is 0 Å². The summed E-state index contributed by atoms with van der Waals surface area (Å²) >= 11 is 1.32. The fourth-order valence-corrected chi connectivity index (χ4v) is 4.08. The van der Waals surface area contributed by atoms with E-state index in [4.69, 9.17) is 19.6 Å². The molecule has 2 aromatic rings. The number of carbonyl (C=O) groups is 1. The molecule has 1 N–H and O–H groups in total. The maximum absolute atomic E-state index is 12.5. The molecule has 170 valence electrons. The molecule has 2 aliphatic heterocycles. The van der Waals surface area contributed by atoms with Crippen molar-refractivity contribution in [2.24, 2.45) is 10.1 Å². The van der Waals surface area contributed by atoms with Crippen LogP contribution in [-0.2, 0) is 4.79 Å². The zero-order valence-corrected chi connectivity index (χ0v) is 19.4. The van der Waals surface area contributed by atoms with E-state index in [0.717, 1.165) is 22.8 Å². The maximum atomic E-state index is 12.5. The third kappa shape index (κ3) is 5.09. The molecule has 0 atom stereocenters. The molecule has 9 heteroatoms. The van der Waals surface area contributed by atoms with Gasteiger partial charge in [0.05, 0.1) is 12.7 Å². The minimum Gasteiger partial charge on any atom is -0.493 e. The van der Waals surface area contributed by atoms with Gasteiger partial charge in [0.2, 0.25) is 5.17 Å². The van der Waals surface area contributed by atoms with Gasteiger partial charge in [0.1, 0.15) is 24.0 Å². The zero-order valence-electron chi connectivity index (χ0n) is 18.6. The van der Waals surface area contributed by atoms with Gasteiger partial charge in [-0.25, -0.2) is 0 Å². The number of methoxy groups -OCH3 is 1. The summed E-state index contributed by atoms with van der Waals surface area (Å²) in [4.78, 5) is 16.6. The first kappa shape index (κ1) is 22.6. The van der Waals surface area contributed by atoms with Gasteiger partial charge in [-0.2, -0.15) is 15.1 Å². The van der Waals surface area contributed by atoms with E-state index in [1.165, 1.54) is 16.8 Å². The van der Waals surface area contributed by atoms with Crippen molar-refractivity contribution in [3.8, 4) is 17.2 Å². The predicted molar refractivity (Wildman–Crippen MR) is 130 cm³/mol. The molecule has 0 unspecified atom stereocenters. The van der Waals surface area contributed by atoms with Crippen LogP contribution in [0, 0.1) is 12.3 Å². The molecule has 0 saturated heterocycles. The van der Waals surface area contributed by atoms with E-state index in [-0.39, 0.29) is 11.4 Å². The van der Waals surface area contributed by atoms with Crippen molar-refractivity contribution in [2.75, 3.05) is 20.3 Å². The maximum Gasteiger partial charge on any atom is 0.283 e. The minimum atomic E-state index is -0.459. The van der Waals surface area contributed by atoms with Crippen molar-refractivity contribution >= 4 is 39.8 Å². The number of ether oxygens (including phenoxy) is 3. The number of fused-ring (bicyclic) bond motifs is 1. The van der Waals surface area contributed by atoms with Crippen LogP contribution in [0.15, 0.2) is 58.1 Å². The van der Waals surface area contributed by atoms with Crippen molar-refractivity contribution in [3.63, 3.8) is 0 Å². The summed E-state index contributed by atoms with van der Waals surface area (Å²) in [5.74, 6) is 1.42. The molecule has 0 aromatic heterocycles. The Hall–Kier alpha value is -3.59. The number of hydrogen-bond donors (Lipinski definition) is 1. The van der Waals surface area contributed by atoms with Gasteiger partial charge in [-0.15, -0.1) is 0 Å². The number of benzene rings is 2. The second-order valence-corrected chi connectivity index (χ2v) is 8.33. The molecule has 2 aromatic carbocycles. The molecule has 8 nitrogen and oxygen atoms in total. The number of amides is 1. The molecule has 0 bridgehead atoms. The third-order valence-electron chi connectivity index (χ3n) is 4.90. The highest BCUT2D eigenvalue weighted by Gasteiger charge is 2.35. The number of hydrazone groups is 1. The first-order valence-electron chi connectivity index (χ1n) is 10.5. The van der Waals surface area contributed by atoms with Crippen molar-refractivity contribution < 1.29 is 19.0 Å². The van der Waals surface area contributed by atoms with E-state index in [1.807, 2.05) is 38.1 Å². The summed E-state index contributed by atoms with van der Waals surface area (Å²) in [5.41, 5.74) is 1.99. The average molecular weight is 465 g/mol. The number of amidine groups is 2. The highest BCUT2D eigenvalue weighted by Crippen LogP contribution is 2.32. The Morgan fingerprint density at radius 1 is 1.12 bits per heavy atom. The molecule has 0 aliphatic carbocycles. The number of nitrogens with zero attached hydrogens (tertiary/aromatic N) is 3. The lowest BCUT2D eigenvalue weighted by Gasteiger charge is -2.20. The van der Waals surface area contributed by atoms with E-state index in [9.17, 15) is 4.79 Å². The molecule has 0 radical (unpaired) electrons. The van der Waals surface area contributed by atoms with Crippen LogP contribution < -0.4 is 14.2 Å². The Kier molecular flexibility index (Phi) is 6.79. The van der Waals surface area contributed by atoms with Gasteiger partial charge in [-0.3, -0.25) is 10.2 Å². The molecule has 0 spiro atoms. The molecule has 2 heterocycles. The molecule has 2 aliphatic rings. The van der Waals surface area contributed by atoms with Crippen molar-refractivity contribution in [3.05, 3.63) is 59.2 Å². The molecular formula is C24H24N4O4S. The Morgan fingerprint density at radius 2 is 1.94 bits per heavy atom. The third-order valence-corrected chi connectivity index (χ3v) is 5.95. The zero-order chi connectivity index (χ0) is 23.4. The highest BCUT2D eigenvalue weighted by atomic mass is 32.2. The molecule has 4 rings (SSSR count). The lowest BCUT2D eigenvalue weighted by molar-refractivity contribution is -0.114. The molecule has 33 heavy (non-hydrogen) atoms. The Bertz CT molecular complexity index is 1190. The second kappa shape index (κ2) is 9.91. The molecule has 0 saturated carbocycles. The van der Waals surface area contributed by atoms with Crippen LogP contribution in [0.4, 0.5) is 0 Å². The number of aryl methyl sites for hydroxylation is 1. The van der Waals surface area contributed by atoms with Crippen molar-refractivity contribution in [1.82, 2.24) is 5.01 Å². The Labute approximate surface area is 196 Å². The standard InChI is InChI=1S/C24H24N4O4S/c1-4-21-27-28-22(25)18(23(29)26-24(28)33-21)13-16-8-9-19(20(14-16)30-3)32-11-10-31-17-7-5-6-15(2)12-17/h5-9,12-14,25H,4,10-11H2,1-3H3/b18-13+,25-22?. The summed E-state index contributed by atoms with van der Waals surface area (Å²) in [6, 6.07) is 13.1. The summed E-state index contributed by atoms with van der Waals surface area (Å²) in [6.07, 6.45) is 2.33. The summed E-state index contributed by atoms with van der Waals surface area (Å²) in [6.45, 7) is 4.71. The van der Waals surface area contributed by atoms with Crippen LogP contribution in [-0.4, -0.2) is 47.3 Å². The fraction of sp³-hybridized carbons (Fsp3) is 0.250. The minimum absolute atomic E-state index is 0.00791. The SMILES string of the molecule is CCC1=NN2C(=N)/C(=C\c3ccc(OCCOc4cccc(C)c4)c(OC)c3)C(=O)N=C2S1. The predicted octanol–water partition coefficient (Wildman–Crippen LogP) is 4.49. The summed E-state index contributed by atoms with van der Waals surface area (Å²) in [7, 11) is 1.55. The fourth-order valence-electron chi connectivity index (χ4n) is 3.25. The lowest BCUT2D eigenvalue weighted by atomic mass is 10.1. The van der Waals surface area contributed by atoms with E-state index >= 15 is 0 Å². The highest BCUT2D eigenvalue weighted by molar-refractivity contribution is 8.26. The molecular weight excluding hydrogens is 440 g/mol. The van der Waals surface area contributed by atoms with Crippen LogP contribution in [0.5, 0.6) is 17.2 Å². The van der Waals surface area contributed by atoms with Crippen molar-refractivity contribution in [2.45, 2.75) is 20.3 Å². The monoisotopic (exact) mass is 464 g/mol. The summed E-state index contributed by atoms with van der Waals surface area (Å²) < 4.78 is 17.0. The number of thioether (sulfide) groups is 1. The van der Waals surface area contributed by atoms with E-state index in [0.29, 0.717) is 35.4 Å². The van der Waals surface area contributed by atoms with Gasteiger partial charge in [-0.05, 0) is 66.6 Å². The first-order chi connectivity index (χ1) is 16.0. The Balaban J connectivity index is 1.44. The average Bonchev–Trinajstić information content (AvgIpc) is 3.23. The number of carbonyl (C=O) groups excluding carboxylic acids is 1. The molecule has 1 amide bonds. The van der Waals surface area contributed by atoms with E-state index in [1.54, 1.807) is 31.4 Å². The van der Waals surface area contributed by atoms with Gasteiger partial charge in [-0.1, -0.05) is 25.1 Å². The summed E-state index contributed by atoms with van der Waals surface area (Å²) in [5, 5.41) is 15.4. The first-order valence-corrected chi connectivity index (χ1v) is 11.3. The van der Waals surface area contributed by atoms with Crippen molar-refractivity contribution in [1.29, 1.82) is 5.41 Å². The number of aliphatic imine (C=N–C) groups is 1. The number of nitrogens with one attached hydrogen (secondary N) is 1. The molecule has 0 fully saturated rings. The van der Waals surface area contributed by atoms with Crippen LogP contribution in [0.25, 0.3) is 6.08 Å². The normalized spacial score (nSPS) is 16.5. The largest absolute Gasteiger partial charge is 0.493 e. The van der Waals surface area contributed by atoms with Crippen LogP contribution >= 0.6 is 11.8 Å². The number of hydrogen-bond acceptors (Lipinski definition) is 7. The van der Waals surface area contributed by atoms with Gasteiger partial charge in [0.25, 0.3) is 5.91 Å².